The zero-order chi connectivity index (χ0) is 17.0. The molecule has 23 heavy (non-hydrogen) atoms. The van der Waals surface area contributed by atoms with Crippen LogP contribution in [0.1, 0.15) is 30.1 Å². The third-order valence-electron chi connectivity index (χ3n) is 4.17. The van der Waals surface area contributed by atoms with Crippen LogP contribution in [-0.4, -0.2) is 59.0 Å². The number of nitrogens with zero attached hydrogens (tertiary/aromatic N) is 2. The number of hydrogen-bond acceptors (Lipinski definition) is 3. The number of carboxylic acids is 1. The summed E-state index contributed by atoms with van der Waals surface area (Å²) in [7, 11) is 0. The number of halogens is 2. The summed E-state index contributed by atoms with van der Waals surface area (Å²) >= 11 is 3.17. The maximum Gasteiger partial charge on any atom is 0.317 e. The molecule has 1 heterocycles. The summed E-state index contributed by atoms with van der Waals surface area (Å²) in [4.78, 5) is 26.8. The van der Waals surface area contributed by atoms with Crippen molar-refractivity contribution < 1.29 is 19.1 Å². The van der Waals surface area contributed by atoms with Gasteiger partial charge < -0.3 is 10.0 Å². The van der Waals surface area contributed by atoms with Crippen molar-refractivity contribution >= 4 is 27.8 Å². The Morgan fingerprint density at radius 2 is 2.04 bits per heavy atom. The molecule has 0 spiro atoms. The second-order valence-corrected chi connectivity index (χ2v) is 6.52. The van der Waals surface area contributed by atoms with E-state index in [0.717, 1.165) is 0 Å². The lowest BCUT2D eigenvalue weighted by Crippen LogP contribution is -2.48. The summed E-state index contributed by atoms with van der Waals surface area (Å²) in [6.07, 6.45) is 1.40. The van der Waals surface area contributed by atoms with E-state index in [9.17, 15) is 14.0 Å². The zero-order valence-electron chi connectivity index (χ0n) is 13.0. The van der Waals surface area contributed by atoms with Crippen LogP contribution in [0.2, 0.25) is 0 Å². The first-order valence-corrected chi connectivity index (χ1v) is 8.41. The Morgan fingerprint density at radius 3 is 2.57 bits per heavy atom. The first-order chi connectivity index (χ1) is 10.9. The van der Waals surface area contributed by atoms with E-state index in [1.54, 1.807) is 11.0 Å². The fraction of sp³-hybridized carbons (Fsp3) is 0.500. The van der Waals surface area contributed by atoms with Crippen molar-refractivity contribution in [3.63, 3.8) is 0 Å². The summed E-state index contributed by atoms with van der Waals surface area (Å²) < 4.78 is 14.5. The van der Waals surface area contributed by atoms with Gasteiger partial charge in [0.1, 0.15) is 5.82 Å². The molecule has 1 saturated heterocycles. The molecule has 0 atom stereocenters. The van der Waals surface area contributed by atoms with Gasteiger partial charge in [0.15, 0.2) is 0 Å². The van der Waals surface area contributed by atoms with Crippen LogP contribution in [0, 0.1) is 5.82 Å². The molecule has 0 radical (unpaired) electrons. The Labute approximate surface area is 143 Å². The minimum atomic E-state index is -0.845. The van der Waals surface area contributed by atoms with Crippen LogP contribution in [0.3, 0.4) is 0 Å². The fourth-order valence-electron chi connectivity index (χ4n) is 2.94. The molecule has 0 unspecified atom stereocenters. The number of piperidine rings is 1. The minimum Gasteiger partial charge on any atom is -0.480 e. The Hall–Kier alpha value is -1.47. The molecule has 1 aromatic rings. The fourth-order valence-corrected chi connectivity index (χ4v) is 3.27. The normalized spacial score (nSPS) is 15.9. The highest BCUT2D eigenvalue weighted by atomic mass is 79.9. The van der Waals surface area contributed by atoms with E-state index in [-0.39, 0.29) is 24.1 Å². The Bertz CT molecular complexity index is 589. The van der Waals surface area contributed by atoms with Gasteiger partial charge in [-0.25, -0.2) is 4.39 Å². The highest BCUT2D eigenvalue weighted by Gasteiger charge is 2.28. The van der Waals surface area contributed by atoms with Crippen molar-refractivity contribution in [3.8, 4) is 0 Å². The van der Waals surface area contributed by atoms with E-state index in [1.807, 2.05) is 11.8 Å². The number of carboxylic acid groups (broad SMARTS) is 1. The first-order valence-electron chi connectivity index (χ1n) is 7.62. The lowest BCUT2D eigenvalue weighted by Gasteiger charge is -2.37. The third kappa shape index (κ3) is 4.51. The number of likely N-dealkylation sites (tertiary alicyclic amines) is 1. The largest absolute Gasteiger partial charge is 0.480 e. The minimum absolute atomic E-state index is 0.0104. The summed E-state index contributed by atoms with van der Waals surface area (Å²) in [5.41, 5.74) is 0.0736. The predicted octanol–water partition coefficient (Wildman–Crippen LogP) is 2.60. The zero-order valence-corrected chi connectivity index (χ0v) is 14.6. The lowest BCUT2D eigenvalue weighted by atomic mass is 10.0. The average Bonchev–Trinajstić information content (AvgIpc) is 2.52. The van der Waals surface area contributed by atoms with Crippen molar-refractivity contribution in [1.82, 2.24) is 9.80 Å². The molecule has 5 nitrogen and oxygen atoms in total. The molecule has 0 saturated carbocycles. The SMILES string of the molecule is CCN(CC(=O)O)C1CCN(C(=O)c2ccc(Br)cc2F)CC1. The number of aliphatic carboxylic acids is 1. The molecule has 0 aromatic heterocycles. The molecule has 0 bridgehead atoms. The van der Waals surface area contributed by atoms with Crippen molar-refractivity contribution in [1.29, 1.82) is 0 Å². The van der Waals surface area contributed by atoms with Gasteiger partial charge in [0, 0.05) is 23.6 Å². The van der Waals surface area contributed by atoms with Crippen molar-refractivity contribution in [2.45, 2.75) is 25.8 Å². The number of carbonyl (C=O) groups excluding carboxylic acids is 1. The molecule has 1 amide bonds. The molecule has 1 aliphatic heterocycles. The maximum absolute atomic E-state index is 13.9. The van der Waals surface area contributed by atoms with Crippen molar-refractivity contribution in [3.05, 3.63) is 34.1 Å². The van der Waals surface area contributed by atoms with E-state index in [2.05, 4.69) is 15.9 Å². The van der Waals surface area contributed by atoms with Gasteiger partial charge in [-0.3, -0.25) is 14.5 Å². The Balaban J connectivity index is 1.98. The monoisotopic (exact) mass is 386 g/mol. The number of carbonyl (C=O) groups is 2. The van der Waals surface area contributed by atoms with E-state index >= 15 is 0 Å². The second kappa shape index (κ2) is 7.88. The van der Waals surface area contributed by atoms with Gasteiger partial charge >= 0.3 is 5.97 Å². The molecule has 1 aromatic carbocycles. The third-order valence-corrected chi connectivity index (χ3v) is 4.67. The summed E-state index contributed by atoms with van der Waals surface area (Å²) in [5.74, 6) is -1.69. The van der Waals surface area contributed by atoms with Crippen LogP contribution < -0.4 is 0 Å². The van der Waals surface area contributed by atoms with Crippen LogP contribution in [0.5, 0.6) is 0 Å². The highest BCUT2D eigenvalue weighted by Crippen LogP contribution is 2.21. The van der Waals surface area contributed by atoms with Crippen molar-refractivity contribution in [2.75, 3.05) is 26.2 Å². The van der Waals surface area contributed by atoms with Gasteiger partial charge in [0.2, 0.25) is 0 Å². The van der Waals surface area contributed by atoms with Gasteiger partial charge in [-0.05, 0) is 37.6 Å². The average molecular weight is 387 g/mol. The summed E-state index contributed by atoms with van der Waals surface area (Å²) in [6, 6.07) is 4.56. The van der Waals surface area contributed by atoms with Crippen LogP contribution in [0.25, 0.3) is 0 Å². The molecule has 2 rings (SSSR count). The quantitative estimate of drug-likeness (QED) is 0.844. The smallest absolute Gasteiger partial charge is 0.317 e. The molecule has 7 heteroatoms. The molecule has 1 aliphatic rings. The first kappa shape index (κ1) is 17.9. The van der Waals surface area contributed by atoms with Crippen LogP contribution in [0.15, 0.2) is 22.7 Å². The summed E-state index contributed by atoms with van der Waals surface area (Å²) in [5, 5.41) is 8.94. The maximum atomic E-state index is 13.9. The van der Waals surface area contributed by atoms with Crippen LogP contribution >= 0.6 is 15.9 Å². The topological polar surface area (TPSA) is 60.9 Å². The van der Waals surface area contributed by atoms with Crippen LogP contribution in [0.4, 0.5) is 4.39 Å². The van der Waals surface area contributed by atoms with Gasteiger partial charge in [-0.15, -0.1) is 0 Å². The van der Waals surface area contributed by atoms with E-state index in [1.165, 1.54) is 12.1 Å². The molecule has 0 aliphatic carbocycles. The lowest BCUT2D eigenvalue weighted by molar-refractivity contribution is -0.139. The van der Waals surface area contributed by atoms with Crippen LogP contribution in [-0.2, 0) is 4.79 Å². The summed E-state index contributed by atoms with van der Waals surface area (Å²) in [6.45, 7) is 3.62. The van der Waals surface area contributed by atoms with E-state index in [0.29, 0.717) is 36.9 Å². The number of benzene rings is 1. The second-order valence-electron chi connectivity index (χ2n) is 5.60. The molecular weight excluding hydrogens is 367 g/mol. The number of likely N-dealkylation sites (N-methyl/N-ethyl adjacent to an activating group) is 1. The van der Waals surface area contributed by atoms with Gasteiger partial charge in [-0.2, -0.15) is 0 Å². The Morgan fingerprint density at radius 1 is 1.39 bits per heavy atom. The standard InChI is InChI=1S/C16H20BrFN2O3/c1-2-19(10-15(21)22)12-5-7-20(8-6-12)16(23)13-4-3-11(17)9-14(13)18/h3-4,9,12H,2,5-8,10H2,1H3,(H,21,22). The molecule has 1 fully saturated rings. The van der Waals surface area contributed by atoms with Gasteiger partial charge in [0.05, 0.1) is 12.1 Å². The predicted molar refractivity (Wildman–Crippen MR) is 87.9 cm³/mol. The van der Waals surface area contributed by atoms with Gasteiger partial charge in [-0.1, -0.05) is 22.9 Å². The van der Waals surface area contributed by atoms with E-state index < -0.39 is 11.8 Å². The van der Waals surface area contributed by atoms with Gasteiger partial charge in [0.25, 0.3) is 5.91 Å². The highest BCUT2D eigenvalue weighted by molar-refractivity contribution is 9.10. The number of rotatable bonds is 5. The molecule has 126 valence electrons. The van der Waals surface area contributed by atoms with Crippen molar-refractivity contribution in [2.24, 2.45) is 0 Å². The van der Waals surface area contributed by atoms with E-state index in [4.69, 9.17) is 5.11 Å². The Kier molecular flexibility index (Phi) is 6.12. The molecule has 1 N–H and O–H groups in total. The number of hydrogen-bond donors (Lipinski definition) is 1. The molecular formula is C16H20BrFN2O3. The number of amides is 1.